The molecule has 1 aliphatic heterocycles. The monoisotopic (exact) mass is 360 g/mol. The Kier molecular flexibility index (Phi) is 4.66. The van der Waals surface area contributed by atoms with Crippen molar-refractivity contribution < 1.29 is 14.3 Å². The number of fused-ring (bicyclic) bond motifs is 1. The first-order valence-electron chi connectivity index (χ1n) is 8.78. The van der Waals surface area contributed by atoms with Crippen molar-refractivity contribution in [1.82, 2.24) is 0 Å². The molecule has 4 rings (SSSR count). The summed E-state index contributed by atoms with van der Waals surface area (Å²) in [6.45, 7) is 2.27. The number of nitrogens with one attached hydrogen (secondary N) is 2. The van der Waals surface area contributed by atoms with E-state index in [-0.39, 0.29) is 12.7 Å². The highest BCUT2D eigenvalue weighted by molar-refractivity contribution is 5.92. The smallest absolute Gasteiger partial charge is 0.231 e. The minimum atomic E-state index is -0.0271. The van der Waals surface area contributed by atoms with E-state index in [4.69, 9.17) is 9.47 Å². The average molecular weight is 360 g/mol. The van der Waals surface area contributed by atoms with Gasteiger partial charge in [0.15, 0.2) is 11.5 Å². The molecule has 0 atom stereocenters. The highest BCUT2D eigenvalue weighted by Crippen LogP contribution is 2.35. The van der Waals surface area contributed by atoms with E-state index >= 15 is 0 Å². The van der Waals surface area contributed by atoms with Crippen LogP contribution < -0.4 is 20.1 Å². The topological polar surface area (TPSA) is 59.6 Å². The van der Waals surface area contributed by atoms with E-state index in [1.54, 1.807) is 0 Å². The Morgan fingerprint density at radius 2 is 1.59 bits per heavy atom. The van der Waals surface area contributed by atoms with Gasteiger partial charge in [-0.05, 0) is 54.4 Å². The van der Waals surface area contributed by atoms with Crippen molar-refractivity contribution in [2.24, 2.45) is 0 Å². The van der Waals surface area contributed by atoms with Crippen LogP contribution in [0.25, 0.3) is 0 Å². The van der Waals surface area contributed by atoms with Crippen molar-refractivity contribution in [2.75, 3.05) is 17.4 Å². The van der Waals surface area contributed by atoms with Gasteiger partial charge in [0.25, 0.3) is 0 Å². The third kappa shape index (κ3) is 4.03. The van der Waals surface area contributed by atoms with Gasteiger partial charge in [0.2, 0.25) is 12.7 Å². The van der Waals surface area contributed by atoms with Gasteiger partial charge in [-0.1, -0.05) is 24.3 Å². The van der Waals surface area contributed by atoms with Gasteiger partial charge in [-0.2, -0.15) is 0 Å². The molecule has 27 heavy (non-hydrogen) atoms. The van der Waals surface area contributed by atoms with Crippen LogP contribution in [0.5, 0.6) is 11.5 Å². The lowest BCUT2D eigenvalue weighted by atomic mass is 10.1. The summed E-state index contributed by atoms with van der Waals surface area (Å²) in [7, 11) is 0. The van der Waals surface area contributed by atoms with Gasteiger partial charge in [-0.25, -0.2) is 0 Å². The highest BCUT2D eigenvalue weighted by atomic mass is 16.7. The molecular weight excluding hydrogens is 340 g/mol. The van der Waals surface area contributed by atoms with E-state index in [2.05, 4.69) is 10.6 Å². The van der Waals surface area contributed by atoms with E-state index in [9.17, 15) is 4.79 Å². The van der Waals surface area contributed by atoms with Gasteiger partial charge >= 0.3 is 0 Å². The van der Waals surface area contributed by atoms with Crippen molar-refractivity contribution in [1.29, 1.82) is 0 Å². The Balaban J connectivity index is 1.37. The molecule has 1 aliphatic rings. The zero-order chi connectivity index (χ0) is 18.6. The van der Waals surface area contributed by atoms with E-state index in [1.807, 2.05) is 73.7 Å². The van der Waals surface area contributed by atoms with Crippen molar-refractivity contribution in [3.63, 3.8) is 0 Å². The summed E-state index contributed by atoms with van der Waals surface area (Å²) in [5.74, 6) is 1.47. The second-order valence-electron chi connectivity index (χ2n) is 6.42. The van der Waals surface area contributed by atoms with E-state index in [0.29, 0.717) is 6.42 Å². The van der Waals surface area contributed by atoms with Crippen LogP contribution in [0.4, 0.5) is 17.1 Å². The molecule has 5 heteroatoms. The van der Waals surface area contributed by atoms with E-state index < -0.39 is 0 Å². The maximum atomic E-state index is 12.3. The number of aryl methyl sites for hydroxylation is 1. The fraction of sp³-hybridized carbons (Fsp3) is 0.136. The van der Waals surface area contributed by atoms with Gasteiger partial charge in [-0.3, -0.25) is 4.79 Å². The molecule has 1 heterocycles. The second-order valence-corrected chi connectivity index (χ2v) is 6.42. The van der Waals surface area contributed by atoms with Crippen molar-refractivity contribution >= 4 is 23.0 Å². The Labute approximate surface area is 157 Å². The molecule has 0 unspecified atom stereocenters. The molecule has 0 radical (unpaired) electrons. The van der Waals surface area contributed by atoms with Gasteiger partial charge in [0.05, 0.1) is 6.42 Å². The maximum absolute atomic E-state index is 12.3. The first-order chi connectivity index (χ1) is 13.2. The van der Waals surface area contributed by atoms with Gasteiger partial charge in [-0.15, -0.1) is 0 Å². The molecule has 1 amide bonds. The van der Waals surface area contributed by atoms with Crippen LogP contribution in [0.1, 0.15) is 11.1 Å². The molecule has 0 fully saturated rings. The SMILES string of the molecule is Cc1ccccc1CC(=O)Nc1ccc(Nc2ccc3c(c2)OCO3)cc1. The number of anilines is 3. The molecule has 0 saturated heterocycles. The number of hydrogen-bond donors (Lipinski definition) is 2. The van der Waals surface area contributed by atoms with Crippen LogP contribution >= 0.6 is 0 Å². The molecule has 0 aromatic heterocycles. The molecule has 0 aliphatic carbocycles. The third-order valence-electron chi connectivity index (χ3n) is 4.44. The number of amides is 1. The quantitative estimate of drug-likeness (QED) is 0.695. The number of benzene rings is 3. The van der Waals surface area contributed by atoms with Gasteiger partial charge < -0.3 is 20.1 Å². The molecule has 0 saturated carbocycles. The van der Waals surface area contributed by atoms with E-state index in [0.717, 1.165) is 39.7 Å². The summed E-state index contributed by atoms with van der Waals surface area (Å²) in [5.41, 5.74) is 4.76. The predicted molar refractivity (Wildman–Crippen MR) is 106 cm³/mol. The lowest BCUT2D eigenvalue weighted by Gasteiger charge is -2.10. The summed E-state index contributed by atoms with van der Waals surface area (Å²) in [6, 6.07) is 21.2. The largest absolute Gasteiger partial charge is 0.454 e. The van der Waals surface area contributed by atoms with Crippen molar-refractivity contribution in [3.05, 3.63) is 77.9 Å². The van der Waals surface area contributed by atoms with E-state index in [1.165, 1.54) is 0 Å². The Morgan fingerprint density at radius 3 is 2.41 bits per heavy atom. The number of carbonyl (C=O) groups is 1. The third-order valence-corrected chi connectivity index (χ3v) is 4.44. The van der Waals surface area contributed by atoms with Crippen LogP contribution in [0, 0.1) is 6.92 Å². The molecule has 136 valence electrons. The van der Waals surface area contributed by atoms with Crippen LogP contribution in [-0.4, -0.2) is 12.7 Å². The predicted octanol–water partition coefficient (Wildman–Crippen LogP) is 4.65. The second kappa shape index (κ2) is 7.41. The molecule has 5 nitrogen and oxygen atoms in total. The number of rotatable bonds is 5. The van der Waals surface area contributed by atoms with Gasteiger partial charge in [0, 0.05) is 23.1 Å². The van der Waals surface area contributed by atoms with Crippen LogP contribution in [0.2, 0.25) is 0 Å². The molecule has 3 aromatic carbocycles. The zero-order valence-electron chi connectivity index (χ0n) is 15.0. The normalized spacial score (nSPS) is 11.9. The van der Waals surface area contributed by atoms with Crippen LogP contribution in [-0.2, 0) is 11.2 Å². The Morgan fingerprint density at radius 1 is 0.889 bits per heavy atom. The number of carbonyl (C=O) groups excluding carboxylic acids is 1. The number of ether oxygens (including phenoxy) is 2. The summed E-state index contributed by atoms with van der Waals surface area (Å²) in [5, 5.41) is 6.25. The molecule has 0 spiro atoms. The maximum Gasteiger partial charge on any atom is 0.231 e. The standard InChI is InChI=1S/C22H20N2O3/c1-15-4-2-3-5-16(15)12-22(25)24-18-8-6-17(7-9-18)23-19-10-11-20-21(13-19)27-14-26-20/h2-11,13,23H,12,14H2,1H3,(H,24,25). The summed E-state index contributed by atoms with van der Waals surface area (Å²) in [6.07, 6.45) is 0.365. The summed E-state index contributed by atoms with van der Waals surface area (Å²) >= 11 is 0. The van der Waals surface area contributed by atoms with Crippen molar-refractivity contribution in [2.45, 2.75) is 13.3 Å². The zero-order valence-corrected chi connectivity index (χ0v) is 15.0. The minimum Gasteiger partial charge on any atom is -0.454 e. The fourth-order valence-corrected chi connectivity index (χ4v) is 2.96. The Hall–Kier alpha value is -3.47. The fourth-order valence-electron chi connectivity index (χ4n) is 2.96. The summed E-state index contributed by atoms with van der Waals surface area (Å²) < 4.78 is 10.7. The van der Waals surface area contributed by atoms with Crippen LogP contribution in [0.3, 0.4) is 0 Å². The molecule has 3 aromatic rings. The van der Waals surface area contributed by atoms with Crippen molar-refractivity contribution in [3.8, 4) is 11.5 Å². The first-order valence-corrected chi connectivity index (χ1v) is 8.78. The number of hydrogen-bond acceptors (Lipinski definition) is 4. The lowest BCUT2D eigenvalue weighted by molar-refractivity contribution is -0.115. The minimum absolute atomic E-state index is 0.0271. The van der Waals surface area contributed by atoms with Gasteiger partial charge in [0.1, 0.15) is 0 Å². The van der Waals surface area contributed by atoms with Crippen LogP contribution in [0.15, 0.2) is 66.7 Å². The average Bonchev–Trinajstić information content (AvgIpc) is 3.13. The first kappa shape index (κ1) is 17.0. The molecule has 0 bridgehead atoms. The molecular formula is C22H20N2O3. The molecule has 2 N–H and O–H groups in total. The Bertz CT molecular complexity index is 968. The highest BCUT2D eigenvalue weighted by Gasteiger charge is 2.13. The summed E-state index contributed by atoms with van der Waals surface area (Å²) in [4.78, 5) is 12.3. The lowest BCUT2D eigenvalue weighted by Crippen LogP contribution is -2.14.